The number of phenolic OH excluding ortho intramolecular Hbond substituents is 1. The minimum absolute atomic E-state index is 0.00686. The van der Waals surface area contributed by atoms with Gasteiger partial charge in [0.25, 0.3) is 0 Å². The van der Waals surface area contributed by atoms with E-state index in [1.54, 1.807) is 18.2 Å². The van der Waals surface area contributed by atoms with Gasteiger partial charge in [-0.3, -0.25) is 4.99 Å². The lowest BCUT2D eigenvalue weighted by molar-refractivity contribution is 0.0446. The molecule has 7 nitrogen and oxygen atoms in total. The minimum Gasteiger partial charge on any atom is -0.508 e. The van der Waals surface area contributed by atoms with E-state index in [1.165, 1.54) is 18.9 Å². The number of anilines is 1. The number of β-amino-alcohol motifs (C(OH)–C–C–N with tert-alkyl or cyclic N) is 1. The standard InChI is InChI=1S/C43H59FN4O3/c1-9-13-15-20-42(7,19-14-10-2)27-51-41-46-36-25-34(33-24-30(49)23-29-17-18-35(44)31(11-3)37(29)33)39(45-28(5)6)32(12-4)38(36)40(47-41)48-22-16-21-43(8,50)26-48/h12,17-18,23-25,28,49-50H,9-11,13-16,19-22,26-27H2,1-8H3/b32-12-,45-39?. The Bertz CT molecular complexity index is 1810. The van der Waals surface area contributed by atoms with Gasteiger partial charge in [-0.2, -0.15) is 9.97 Å². The Balaban J connectivity index is 1.75. The summed E-state index contributed by atoms with van der Waals surface area (Å²) in [5, 5.41) is 23.8. The molecular weight excluding hydrogens is 639 g/mol. The molecule has 0 spiro atoms. The maximum atomic E-state index is 15.4. The number of aryl methyl sites for hydroxylation is 1. The van der Waals surface area contributed by atoms with Gasteiger partial charge in [0.1, 0.15) is 17.4 Å². The Hall–Kier alpha value is -3.78. The second-order valence-corrected chi connectivity index (χ2v) is 15.6. The van der Waals surface area contributed by atoms with E-state index in [0.717, 1.165) is 90.5 Å². The Kier molecular flexibility index (Phi) is 12.3. The van der Waals surface area contributed by atoms with Crippen LogP contribution >= 0.6 is 0 Å². The van der Waals surface area contributed by atoms with Crippen molar-refractivity contribution in [2.24, 2.45) is 10.4 Å². The molecule has 2 heterocycles. The second kappa shape index (κ2) is 16.3. The Morgan fingerprint density at radius 3 is 2.51 bits per heavy atom. The molecule has 2 aliphatic rings. The zero-order valence-electron chi connectivity index (χ0n) is 32.2. The van der Waals surface area contributed by atoms with Crippen LogP contribution in [0.5, 0.6) is 11.8 Å². The van der Waals surface area contributed by atoms with Gasteiger partial charge in [-0.15, -0.1) is 0 Å². The van der Waals surface area contributed by atoms with E-state index in [0.29, 0.717) is 42.4 Å². The average molecular weight is 699 g/mol. The van der Waals surface area contributed by atoms with Crippen LogP contribution in [0, 0.1) is 11.2 Å². The lowest BCUT2D eigenvalue weighted by atomic mass is 9.81. The number of aliphatic hydroxyl groups is 1. The maximum absolute atomic E-state index is 15.4. The number of nitrogens with zero attached hydrogens (tertiary/aromatic N) is 4. The number of fused-ring (bicyclic) bond motifs is 2. The van der Waals surface area contributed by atoms with Crippen LogP contribution in [0.25, 0.3) is 28.0 Å². The van der Waals surface area contributed by atoms with Crippen LogP contribution in [0.3, 0.4) is 0 Å². The number of allylic oxidation sites excluding steroid dienone is 3. The third-order valence-electron chi connectivity index (χ3n) is 10.5. The molecule has 51 heavy (non-hydrogen) atoms. The van der Waals surface area contributed by atoms with Crippen molar-refractivity contribution in [1.29, 1.82) is 0 Å². The Morgan fingerprint density at radius 2 is 1.84 bits per heavy atom. The number of piperidine rings is 1. The van der Waals surface area contributed by atoms with E-state index in [1.807, 2.05) is 46.8 Å². The zero-order valence-corrected chi connectivity index (χ0v) is 32.2. The Labute approximate surface area is 304 Å². The van der Waals surface area contributed by atoms with Crippen molar-refractivity contribution in [2.45, 2.75) is 131 Å². The molecular formula is C43H59FN4O3. The quantitative estimate of drug-likeness (QED) is 0.163. The molecule has 2 aromatic carbocycles. The normalized spacial score (nSPS) is 20.6. The number of aliphatic imine (C=N–C) groups is 1. The van der Waals surface area contributed by atoms with E-state index >= 15 is 4.39 Å². The fourth-order valence-electron chi connectivity index (χ4n) is 7.83. The molecule has 1 fully saturated rings. The topological polar surface area (TPSA) is 91.1 Å². The molecule has 2 unspecified atom stereocenters. The summed E-state index contributed by atoms with van der Waals surface area (Å²) in [7, 11) is 0. The van der Waals surface area contributed by atoms with Crippen molar-refractivity contribution in [3.05, 3.63) is 58.5 Å². The van der Waals surface area contributed by atoms with Crippen molar-refractivity contribution in [2.75, 3.05) is 24.6 Å². The fraction of sp³-hybridized carbons (Fsp3) is 0.558. The number of hydrogen-bond donors (Lipinski definition) is 2. The average Bonchev–Trinajstić information content (AvgIpc) is 3.08. The van der Waals surface area contributed by atoms with Crippen molar-refractivity contribution < 1.29 is 19.3 Å². The number of hydrogen-bond acceptors (Lipinski definition) is 7. The molecule has 1 aromatic heterocycles. The molecule has 1 aliphatic carbocycles. The first kappa shape index (κ1) is 38.5. The highest BCUT2D eigenvalue weighted by Gasteiger charge is 2.36. The van der Waals surface area contributed by atoms with Crippen LogP contribution in [0.2, 0.25) is 0 Å². The molecule has 8 heteroatoms. The van der Waals surface area contributed by atoms with Crippen LogP contribution in [0.15, 0.2) is 35.3 Å². The predicted octanol–water partition coefficient (Wildman–Crippen LogP) is 10.4. The summed E-state index contributed by atoms with van der Waals surface area (Å²) in [5.41, 5.74) is 4.31. The predicted molar refractivity (Wildman–Crippen MR) is 210 cm³/mol. The number of phenols is 1. The van der Waals surface area contributed by atoms with E-state index in [4.69, 9.17) is 19.7 Å². The number of aromatic nitrogens is 2. The van der Waals surface area contributed by atoms with Gasteiger partial charge in [-0.05, 0) is 106 Å². The first-order valence-electron chi connectivity index (χ1n) is 19.3. The van der Waals surface area contributed by atoms with Crippen LogP contribution in [-0.4, -0.2) is 57.2 Å². The summed E-state index contributed by atoms with van der Waals surface area (Å²) in [6.45, 7) is 18.4. The highest BCUT2D eigenvalue weighted by Crippen LogP contribution is 2.45. The Morgan fingerprint density at radius 1 is 1.10 bits per heavy atom. The van der Waals surface area contributed by atoms with E-state index in [-0.39, 0.29) is 23.0 Å². The van der Waals surface area contributed by atoms with Gasteiger partial charge in [-0.1, -0.05) is 71.9 Å². The number of unbranched alkanes of at least 4 members (excludes halogenated alkanes) is 3. The summed E-state index contributed by atoms with van der Waals surface area (Å²) in [4.78, 5) is 17.6. The summed E-state index contributed by atoms with van der Waals surface area (Å²) in [6, 6.07) is 6.87. The largest absolute Gasteiger partial charge is 0.508 e. The van der Waals surface area contributed by atoms with Crippen molar-refractivity contribution >= 4 is 39.5 Å². The van der Waals surface area contributed by atoms with Crippen molar-refractivity contribution in [1.82, 2.24) is 9.97 Å². The summed E-state index contributed by atoms with van der Waals surface area (Å²) < 4.78 is 22.0. The SMILES string of the molecule is C/C=C1\C(=NC(C)C)C(c2cc(O)cc3ccc(F)c(CC)c23)=Cc2nc(OCC(C)(CCCC)CCCCC)nc(N3CCCC(C)(O)C3)c21. The van der Waals surface area contributed by atoms with Crippen molar-refractivity contribution in [3.63, 3.8) is 0 Å². The van der Waals surface area contributed by atoms with Gasteiger partial charge < -0.3 is 19.8 Å². The molecule has 276 valence electrons. The number of ether oxygens (including phenoxy) is 1. The summed E-state index contributed by atoms with van der Waals surface area (Å²) in [5.74, 6) is 0.545. The van der Waals surface area contributed by atoms with E-state index in [9.17, 15) is 10.2 Å². The van der Waals surface area contributed by atoms with Crippen LogP contribution in [0.1, 0.15) is 136 Å². The van der Waals surface area contributed by atoms with Crippen LogP contribution in [-0.2, 0) is 6.42 Å². The smallest absolute Gasteiger partial charge is 0.318 e. The lowest BCUT2D eigenvalue weighted by Crippen LogP contribution is -2.47. The molecule has 3 aromatic rings. The van der Waals surface area contributed by atoms with Gasteiger partial charge in [-0.25, -0.2) is 4.39 Å². The highest BCUT2D eigenvalue weighted by atomic mass is 19.1. The molecule has 0 radical (unpaired) electrons. The molecule has 0 amide bonds. The molecule has 1 saturated heterocycles. The first-order chi connectivity index (χ1) is 24.3. The maximum Gasteiger partial charge on any atom is 0.318 e. The molecule has 1 aliphatic heterocycles. The van der Waals surface area contributed by atoms with Crippen molar-refractivity contribution in [3.8, 4) is 11.8 Å². The number of benzene rings is 2. The minimum atomic E-state index is -0.864. The summed E-state index contributed by atoms with van der Waals surface area (Å²) in [6.07, 6.45) is 14.0. The highest BCUT2D eigenvalue weighted by molar-refractivity contribution is 6.50. The van der Waals surface area contributed by atoms with Crippen LogP contribution in [0.4, 0.5) is 10.2 Å². The van der Waals surface area contributed by atoms with E-state index < -0.39 is 5.60 Å². The van der Waals surface area contributed by atoms with Gasteiger partial charge >= 0.3 is 6.01 Å². The second-order valence-electron chi connectivity index (χ2n) is 15.6. The molecule has 0 saturated carbocycles. The van der Waals surface area contributed by atoms with Gasteiger partial charge in [0.15, 0.2) is 0 Å². The van der Waals surface area contributed by atoms with Crippen LogP contribution < -0.4 is 9.64 Å². The number of halogens is 1. The third-order valence-corrected chi connectivity index (χ3v) is 10.5. The summed E-state index contributed by atoms with van der Waals surface area (Å²) >= 11 is 0. The van der Waals surface area contributed by atoms with Gasteiger partial charge in [0.05, 0.1) is 29.2 Å². The fourth-order valence-corrected chi connectivity index (χ4v) is 7.83. The molecule has 5 rings (SSSR count). The zero-order chi connectivity index (χ0) is 36.9. The number of aromatic hydroxyl groups is 1. The number of rotatable bonds is 14. The monoisotopic (exact) mass is 698 g/mol. The van der Waals surface area contributed by atoms with E-state index in [2.05, 4.69) is 25.7 Å². The molecule has 2 N–H and O–H groups in total. The first-order valence-corrected chi connectivity index (χ1v) is 19.3. The lowest BCUT2D eigenvalue weighted by Gasteiger charge is -2.39. The van der Waals surface area contributed by atoms with Gasteiger partial charge in [0, 0.05) is 35.7 Å². The molecule has 2 atom stereocenters. The third kappa shape index (κ3) is 8.65. The van der Waals surface area contributed by atoms with Gasteiger partial charge in [0.2, 0.25) is 0 Å². The molecule has 0 bridgehead atoms.